The molecule has 4 aliphatic rings. The third-order valence-corrected chi connectivity index (χ3v) is 7.85. The van der Waals surface area contributed by atoms with Gasteiger partial charge in [-0.1, -0.05) is 18.2 Å². The van der Waals surface area contributed by atoms with E-state index in [4.69, 9.17) is 0 Å². The molecule has 4 aliphatic carbocycles. The summed E-state index contributed by atoms with van der Waals surface area (Å²) in [7, 11) is 0. The summed E-state index contributed by atoms with van der Waals surface area (Å²) in [6, 6.07) is 0. The van der Waals surface area contributed by atoms with Crippen molar-refractivity contribution >= 4 is 11.9 Å². The van der Waals surface area contributed by atoms with E-state index in [1.165, 1.54) is 13.0 Å². The Morgan fingerprint density at radius 3 is 2.52 bits per heavy atom. The summed E-state index contributed by atoms with van der Waals surface area (Å²) in [6.07, 6.45) is 2.64. The smallest absolute Gasteiger partial charge is 0.314 e. The van der Waals surface area contributed by atoms with Gasteiger partial charge in [-0.05, 0) is 56.9 Å². The van der Waals surface area contributed by atoms with E-state index in [2.05, 4.69) is 6.58 Å². The van der Waals surface area contributed by atoms with Crippen molar-refractivity contribution < 1.29 is 30.0 Å². The second kappa shape index (κ2) is 4.54. The largest absolute Gasteiger partial charge is 0.481 e. The van der Waals surface area contributed by atoms with Crippen molar-refractivity contribution in [2.75, 3.05) is 0 Å². The van der Waals surface area contributed by atoms with Crippen LogP contribution in [-0.4, -0.2) is 44.1 Å². The van der Waals surface area contributed by atoms with E-state index in [0.29, 0.717) is 43.3 Å². The van der Waals surface area contributed by atoms with Gasteiger partial charge in [0, 0.05) is 5.41 Å². The quantitative estimate of drug-likeness (QED) is 0.565. The summed E-state index contributed by atoms with van der Waals surface area (Å²) in [5, 5.41) is 41.4. The van der Waals surface area contributed by atoms with Crippen LogP contribution in [0.15, 0.2) is 23.8 Å². The molecule has 3 saturated carbocycles. The molecule has 1 spiro atoms. The third kappa shape index (κ3) is 1.67. The highest BCUT2D eigenvalue weighted by atomic mass is 16.4. The number of aliphatic hydroxyl groups is 2. The molecule has 6 nitrogen and oxygen atoms in total. The van der Waals surface area contributed by atoms with Gasteiger partial charge in [0.05, 0.1) is 22.5 Å². The molecule has 6 atom stereocenters. The first-order valence-electron chi connectivity index (χ1n) is 8.79. The Morgan fingerprint density at radius 1 is 1.24 bits per heavy atom. The minimum Gasteiger partial charge on any atom is -0.481 e. The molecule has 3 fully saturated rings. The molecule has 4 N–H and O–H groups in total. The van der Waals surface area contributed by atoms with Crippen LogP contribution in [0.1, 0.15) is 45.4 Å². The summed E-state index contributed by atoms with van der Waals surface area (Å²) in [6.45, 7) is 5.43. The lowest BCUT2D eigenvalue weighted by atomic mass is 9.50. The van der Waals surface area contributed by atoms with Crippen molar-refractivity contribution in [1.82, 2.24) is 0 Å². The highest BCUT2D eigenvalue weighted by Gasteiger charge is 2.75. The Morgan fingerprint density at radius 2 is 1.92 bits per heavy atom. The van der Waals surface area contributed by atoms with E-state index >= 15 is 0 Å². The third-order valence-electron chi connectivity index (χ3n) is 7.85. The van der Waals surface area contributed by atoms with E-state index in [1.807, 2.05) is 0 Å². The zero-order valence-electron chi connectivity index (χ0n) is 14.3. The van der Waals surface area contributed by atoms with Gasteiger partial charge in [-0.3, -0.25) is 9.59 Å². The van der Waals surface area contributed by atoms with Gasteiger partial charge >= 0.3 is 11.9 Å². The average Bonchev–Trinajstić information content (AvgIpc) is 2.89. The predicted molar refractivity (Wildman–Crippen MR) is 87.6 cm³/mol. The predicted octanol–water partition coefficient (Wildman–Crippen LogP) is 1.72. The number of aliphatic hydroxyl groups excluding tert-OH is 1. The van der Waals surface area contributed by atoms with Gasteiger partial charge in [0.1, 0.15) is 0 Å². The molecule has 0 aromatic carbocycles. The lowest BCUT2D eigenvalue weighted by Crippen LogP contribution is -2.56. The van der Waals surface area contributed by atoms with E-state index in [0.717, 1.165) is 0 Å². The lowest BCUT2D eigenvalue weighted by molar-refractivity contribution is -0.172. The average molecular weight is 348 g/mol. The number of fused-ring (bicyclic) bond motifs is 2. The summed E-state index contributed by atoms with van der Waals surface area (Å²) in [5.74, 6) is -2.17. The second-order valence-corrected chi connectivity index (χ2v) is 8.83. The molecule has 4 rings (SSSR count). The number of carbonyl (C=O) groups is 2. The van der Waals surface area contributed by atoms with Crippen LogP contribution < -0.4 is 0 Å². The molecular formula is C19H24O6. The van der Waals surface area contributed by atoms with Crippen molar-refractivity contribution in [3.63, 3.8) is 0 Å². The number of carboxylic acid groups (broad SMARTS) is 2. The van der Waals surface area contributed by atoms with Crippen molar-refractivity contribution in [3.05, 3.63) is 23.8 Å². The molecule has 0 aromatic heterocycles. The van der Waals surface area contributed by atoms with Crippen LogP contribution in [0.25, 0.3) is 0 Å². The lowest BCUT2D eigenvalue weighted by Gasteiger charge is -2.51. The molecular weight excluding hydrogens is 324 g/mol. The van der Waals surface area contributed by atoms with Crippen LogP contribution in [0.2, 0.25) is 0 Å². The van der Waals surface area contributed by atoms with E-state index in [-0.39, 0.29) is 12.3 Å². The van der Waals surface area contributed by atoms with Gasteiger partial charge in [-0.2, -0.15) is 0 Å². The number of hydrogen-bond acceptors (Lipinski definition) is 4. The minimum atomic E-state index is -1.56. The van der Waals surface area contributed by atoms with Crippen molar-refractivity contribution in [2.45, 2.75) is 57.2 Å². The standard InChI is InChI=1S/C19H24O6/c1-10-7-17-9-18(10,25)4-3-11(17)5-12-6-13(20)16(2,14(21)22)8-19(12,17)15(23)24/h6,11,13,20,25H,1,3-5,7-9H2,2H3,(H,21,22)(H,23,24)/t11-,13-,16-,17+,18-,19+/m0/s1. The summed E-state index contributed by atoms with van der Waals surface area (Å²) in [5.41, 5.74) is -3.39. The van der Waals surface area contributed by atoms with Gasteiger partial charge < -0.3 is 20.4 Å². The minimum absolute atomic E-state index is 0.0673. The SMILES string of the molecule is C=C1C[C@@]23C[C@@]1(O)CC[C@H]2CC1=C[C@H](O)[C@@](C)(C(=O)O)C[C@]13C(=O)O. The zero-order valence-corrected chi connectivity index (χ0v) is 14.3. The Hall–Kier alpha value is -1.66. The fourth-order valence-electron chi connectivity index (χ4n) is 6.36. The molecule has 2 bridgehead atoms. The van der Waals surface area contributed by atoms with Crippen molar-refractivity contribution in [1.29, 1.82) is 0 Å². The molecule has 0 aromatic rings. The van der Waals surface area contributed by atoms with Crippen LogP contribution in [0.5, 0.6) is 0 Å². The van der Waals surface area contributed by atoms with Crippen LogP contribution in [-0.2, 0) is 9.59 Å². The second-order valence-electron chi connectivity index (χ2n) is 8.83. The Labute approximate surface area is 145 Å². The molecule has 25 heavy (non-hydrogen) atoms. The molecule has 0 saturated heterocycles. The van der Waals surface area contributed by atoms with Crippen LogP contribution >= 0.6 is 0 Å². The summed E-state index contributed by atoms with van der Waals surface area (Å²) >= 11 is 0. The topological polar surface area (TPSA) is 115 Å². The van der Waals surface area contributed by atoms with Gasteiger partial charge in [-0.25, -0.2) is 0 Å². The maximum atomic E-state index is 12.6. The molecule has 0 radical (unpaired) electrons. The van der Waals surface area contributed by atoms with Crippen molar-refractivity contribution in [2.24, 2.45) is 22.2 Å². The number of aliphatic carboxylic acids is 2. The Kier molecular flexibility index (Phi) is 3.05. The molecule has 0 aliphatic heterocycles. The van der Waals surface area contributed by atoms with Crippen LogP contribution in [0.3, 0.4) is 0 Å². The number of rotatable bonds is 2. The highest BCUT2D eigenvalue weighted by Crippen LogP contribution is 2.76. The first kappa shape index (κ1) is 16.8. The van der Waals surface area contributed by atoms with E-state index in [1.54, 1.807) is 0 Å². The first-order valence-corrected chi connectivity index (χ1v) is 8.79. The maximum absolute atomic E-state index is 12.6. The molecule has 0 amide bonds. The van der Waals surface area contributed by atoms with Crippen LogP contribution in [0.4, 0.5) is 0 Å². The van der Waals surface area contributed by atoms with E-state index < -0.39 is 39.9 Å². The zero-order chi connectivity index (χ0) is 18.4. The number of hydrogen-bond donors (Lipinski definition) is 4. The van der Waals surface area contributed by atoms with Crippen LogP contribution in [0, 0.1) is 22.2 Å². The normalized spacial score (nSPS) is 50.8. The molecule has 136 valence electrons. The number of carboxylic acids is 2. The fourth-order valence-corrected chi connectivity index (χ4v) is 6.36. The van der Waals surface area contributed by atoms with Gasteiger partial charge in [0.25, 0.3) is 0 Å². The Bertz CT molecular complexity index is 740. The molecule has 0 heterocycles. The first-order chi connectivity index (χ1) is 11.5. The van der Waals surface area contributed by atoms with Gasteiger partial charge in [-0.15, -0.1) is 0 Å². The Balaban J connectivity index is 1.95. The maximum Gasteiger partial charge on any atom is 0.314 e. The summed E-state index contributed by atoms with van der Waals surface area (Å²) in [4.78, 5) is 24.5. The van der Waals surface area contributed by atoms with Crippen molar-refractivity contribution in [3.8, 4) is 0 Å². The molecule has 6 heteroatoms. The van der Waals surface area contributed by atoms with Gasteiger partial charge in [0.15, 0.2) is 0 Å². The summed E-state index contributed by atoms with van der Waals surface area (Å²) < 4.78 is 0. The highest BCUT2D eigenvalue weighted by molar-refractivity contribution is 5.85. The fraction of sp³-hybridized carbons (Fsp3) is 0.684. The van der Waals surface area contributed by atoms with Gasteiger partial charge in [0.2, 0.25) is 0 Å². The van der Waals surface area contributed by atoms with E-state index in [9.17, 15) is 30.0 Å². The monoisotopic (exact) mass is 348 g/mol. The molecule has 0 unspecified atom stereocenters.